The van der Waals surface area contributed by atoms with Crippen LogP contribution in [-0.2, 0) is 12.8 Å². The van der Waals surface area contributed by atoms with Crippen molar-refractivity contribution in [3.8, 4) is 0 Å². The fraction of sp³-hybridized carbons (Fsp3) is 0.467. The van der Waals surface area contributed by atoms with E-state index >= 15 is 0 Å². The molecule has 3 rings (SSSR count). The van der Waals surface area contributed by atoms with Crippen molar-refractivity contribution in [2.45, 2.75) is 38.3 Å². The van der Waals surface area contributed by atoms with E-state index in [9.17, 15) is 0 Å². The number of nitrogen functional groups attached to an aromatic ring is 1. The van der Waals surface area contributed by atoms with Crippen LogP contribution in [0.15, 0.2) is 17.3 Å². The normalized spacial score (nSPS) is 18.2. The van der Waals surface area contributed by atoms with Gasteiger partial charge in [-0.05, 0) is 37.7 Å². The van der Waals surface area contributed by atoms with Crippen LogP contribution in [0.5, 0.6) is 0 Å². The second-order valence-corrected chi connectivity index (χ2v) is 7.70. The molecule has 106 valence electrons. The Morgan fingerprint density at radius 2 is 2.30 bits per heavy atom. The molecule has 5 heteroatoms. The second kappa shape index (κ2) is 5.37. The third kappa shape index (κ3) is 2.56. The monoisotopic (exact) mass is 305 g/mol. The Hall–Kier alpha value is -1.07. The van der Waals surface area contributed by atoms with Gasteiger partial charge in [0.15, 0.2) is 5.16 Å². The van der Waals surface area contributed by atoms with Crippen molar-refractivity contribution >= 4 is 39.1 Å². The van der Waals surface area contributed by atoms with E-state index in [1.54, 1.807) is 23.1 Å². The molecule has 20 heavy (non-hydrogen) atoms. The van der Waals surface area contributed by atoms with Crippen LogP contribution in [-0.4, -0.2) is 15.7 Å². The zero-order chi connectivity index (χ0) is 14.3. The first kappa shape index (κ1) is 13.9. The highest BCUT2D eigenvalue weighted by Crippen LogP contribution is 2.39. The summed E-state index contributed by atoms with van der Waals surface area (Å²) in [7, 11) is 0. The summed E-state index contributed by atoms with van der Waals surface area (Å²) in [6.07, 6.45) is 3.54. The van der Waals surface area contributed by atoms with Gasteiger partial charge in [0, 0.05) is 10.6 Å². The predicted molar refractivity (Wildman–Crippen MR) is 88.6 cm³/mol. The summed E-state index contributed by atoms with van der Waals surface area (Å²) >= 11 is 3.41. The van der Waals surface area contributed by atoms with Crippen molar-refractivity contribution in [3.05, 3.63) is 22.6 Å². The number of hydrogen-bond donors (Lipinski definition) is 1. The number of rotatable bonds is 3. The van der Waals surface area contributed by atoms with Gasteiger partial charge in [-0.1, -0.05) is 30.8 Å². The number of anilines is 1. The minimum absolute atomic E-state index is 0.644. The molecule has 0 saturated heterocycles. The quantitative estimate of drug-likeness (QED) is 0.527. The molecule has 0 saturated carbocycles. The van der Waals surface area contributed by atoms with Gasteiger partial charge in [0.05, 0.1) is 5.39 Å². The maximum absolute atomic E-state index is 6.20. The Balaban J connectivity index is 2.03. The zero-order valence-corrected chi connectivity index (χ0v) is 13.5. The predicted octanol–water partition coefficient (Wildman–Crippen LogP) is 4.07. The lowest BCUT2D eigenvalue weighted by atomic mass is 9.89. The van der Waals surface area contributed by atoms with E-state index in [1.807, 2.05) is 6.92 Å². The fourth-order valence-electron chi connectivity index (χ4n) is 2.61. The van der Waals surface area contributed by atoms with Crippen LogP contribution >= 0.6 is 23.1 Å². The molecule has 0 amide bonds. The van der Waals surface area contributed by atoms with Crippen molar-refractivity contribution < 1.29 is 0 Å². The molecule has 0 radical (unpaired) electrons. The van der Waals surface area contributed by atoms with E-state index in [0.29, 0.717) is 5.82 Å². The number of fused-ring (bicyclic) bond motifs is 3. The number of aromatic nitrogens is 2. The summed E-state index contributed by atoms with van der Waals surface area (Å²) in [5.41, 5.74) is 8.72. The molecule has 1 atom stereocenters. The highest BCUT2D eigenvalue weighted by atomic mass is 32.2. The number of aryl methyl sites for hydroxylation is 1. The minimum atomic E-state index is 0.644. The Kier molecular flexibility index (Phi) is 3.73. The lowest BCUT2D eigenvalue weighted by Crippen LogP contribution is -2.09. The molecule has 0 fully saturated rings. The van der Waals surface area contributed by atoms with Crippen molar-refractivity contribution in [2.24, 2.45) is 5.92 Å². The fourth-order valence-corrected chi connectivity index (χ4v) is 4.59. The van der Waals surface area contributed by atoms with Gasteiger partial charge in [0.25, 0.3) is 0 Å². The van der Waals surface area contributed by atoms with Gasteiger partial charge in [-0.3, -0.25) is 0 Å². The van der Waals surface area contributed by atoms with E-state index < -0.39 is 0 Å². The first-order valence-electron chi connectivity index (χ1n) is 6.89. The van der Waals surface area contributed by atoms with Crippen LogP contribution in [0.2, 0.25) is 0 Å². The lowest BCUT2D eigenvalue weighted by Gasteiger charge is -2.18. The summed E-state index contributed by atoms with van der Waals surface area (Å²) in [6, 6.07) is 0. The van der Waals surface area contributed by atoms with E-state index in [0.717, 1.165) is 45.5 Å². The molecular weight excluding hydrogens is 286 g/mol. The van der Waals surface area contributed by atoms with Gasteiger partial charge >= 0.3 is 0 Å². The average molecular weight is 305 g/mol. The molecule has 1 aliphatic rings. The van der Waals surface area contributed by atoms with Crippen molar-refractivity contribution in [1.29, 1.82) is 0 Å². The summed E-state index contributed by atoms with van der Waals surface area (Å²) < 4.78 is 0. The maximum atomic E-state index is 6.20. The zero-order valence-electron chi connectivity index (χ0n) is 11.9. The van der Waals surface area contributed by atoms with E-state index in [-0.39, 0.29) is 0 Å². The summed E-state index contributed by atoms with van der Waals surface area (Å²) in [6.45, 7) is 8.23. The molecular formula is C15H19N3S2. The molecule has 0 spiro atoms. The van der Waals surface area contributed by atoms with Crippen LogP contribution in [0.3, 0.4) is 0 Å². The minimum Gasteiger partial charge on any atom is -0.383 e. The topological polar surface area (TPSA) is 51.8 Å². The molecule has 0 aromatic carbocycles. The second-order valence-electron chi connectivity index (χ2n) is 5.67. The molecule has 2 aromatic rings. The number of nitrogens with two attached hydrogens (primary N) is 1. The van der Waals surface area contributed by atoms with Crippen molar-refractivity contribution in [1.82, 2.24) is 9.97 Å². The standard InChI is InChI=1S/C15H19N3S2/c1-8(2)7-19-15-17-13(16)12-10-6-9(3)4-5-11(10)20-14(12)18-15/h9H,1,4-7H2,2-3H3,(H2,16,17,18)/t9-/m0/s1. The first-order chi connectivity index (χ1) is 9.54. The van der Waals surface area contributed by atoms with Crippen LogP contribution in [0.25, 0.3) is 10.2 Å². The Bertz CT molecular complexity index is 675. The van der Waals surface area contributed by atoms with Gasteiger partial charge in [-0.25, -0.2) is 9.97 Å². The van der Waals surface area contributed by atoms with Crippen LogP contribution < -0.4 is 5.73 Å². The van der Waals surface area contributed by atoms with Gasteiger partial charge in [0.2, 0.25) is 0 Å². The SMILES string of the molecule is C=C(C)CSc1nc(N)c2c3c(sc2n1)CC[C@H](C)C3. The largest absolute Gasteiger partial charge is 0.383 e. The summed E-state index contributed by atoms with van der Waals surface area (Å²) in [5.74, 6) is 2.22. The van der Waals surface area contributed by atoms with Crippen molar-refractivity contribution in [2.75, 3.05) is 11.5 Å². The molecule has 0 unspecified atom stereocenters. The van der Waals surface area contributed by atoms with Crippen molar-refractivity contribution in [3.63, 3.8) is 0 Å². The maximum Gasteiger partial charge on any atom is 0.191 e. The highest BCUT2D eigenvalue weighted by Gasteiger charge is 2.23. The van der Waals surface area contributed by atoms with E-state index in [1.165, 1.54) is 16.9 Å². The van der Waals surface area contributed by atoms with Crippen LogP contribution in [0, 0.1) is 5.92 Å². The molecule has 0 aliphatic heterocycles. The highest BCUT2D eigenvalue weighted by molar-refractivity contribution is 7.99. The number of nitrogens with zero attached hydrogens (tertiary/aromatic N) is 2. The number of hydrogen-bond acceptors (Lipinski definition) is 5. The van der Waals surface area contributed by atoms with Gasteiger partial charge in [0.1, 0.15) is 10.6 Å². The number of thiophene rings is 1. The van der Waals surface area contributed by atoms with Gasteiger partial charge in [-0.2, -0.15) is 0 Å². The van der Waals surface area contributed by atoms with Crippen LogP contribution in [0.1, 0.15) is 30.7 Å². The molecule has 2 N–H and O–H groups in total. The van der Waals surface area contributed by atoms with E-state index in [2.05, 4.69) is 23.5 Å². The average Bonchev–Trinajstić information content (AvgIpc) is 2.74. The summed E-state index contributed by atoms with van der Waals surface area (Å²) in [4.78, 5) is 11.7. The molecule has 1 aliphatic carbocycles. The Labute approximate surface area is 127 Å². The third-order valence-electron chi connectivity index (χ3n) is 3.61. The molecule has 2 aromatic heterocycles. The van der Waals surface area contributed by atoms with Gasteiger partial charge < -0.3 is 5.73 Å². The van der Waals surface area contributed by atoms with Crippen LogP contribution in [0.4, 0.5) is 5.82 Å². The van der Waals surface area contributed by atoms with E-state index in [4.69, 9.17) is 5.73 Å². The molecule has 0 bridgehead atoms. The Morgan fingerprint density at radius 3 is 3.05 bits per heavy atom. The number of thioether (sulfide) groups is 1. The molecule has 2 heterocycles. The smallest absolute Gasteiger partial charge is 0.191 e. The molecule has 3 nitrogen and oxygen atoms in total. The Morgan fingerprint density at radius 1 is 1.50 bits per heavy atom. The third-order valence-corrected chi connectivity index (χ3v) is 5.87. The van der Waals surface area contributed by atoms with Gasteiger partial charge in [-0.15, -0.1) is 11.3 Å². The lowest BCUT2D eigenvalue weighted by molar-refractivity contribution is 0.508. The first-order valence-corrected chi connectivity index (χ1v) is 8.69. The summed E-state index contributed by atoms with van der Waals surface area (Å²) in [5, 5.41) is 1.88.